The molecule has 0 unspecified atom stereocenters. The van der Waals surface area contributed by atoms with E-state index in [0.717, 1.165) is 19.3 Å². The van der Waals surface area contributed by atoms with Gasteiger partial charge in [0.1, 0.15) is 0 Å². The molecule has 0 amide bonds. The van der Waals surface area contributed by atoms with Crippen molar-refractivity contribution in [2.75, 3.05) is 11.9 Å². The molecule has 0 atom stereocenters. The van der Waals surface area contributed by atoms with Gasteiger partial charge in [0.15, 0.2) is 0 Å². The summed E-state index contributed by atoms with van der Waals surface area (Å²) in [6, 6.07) is 0. The Kier molecular flexibility index (Phi) is 8.56. The predicted molar refractivity (Wildman–Crippen MR) is 53.4 cm³/mol. The Morgan fingerprint density at radius 2 is 2.25 bits per heavy atom. The fourth-order valence-electron chi connectivity index (χ4n) is 0.714. The molecule has 2 nitrogen and oxygen atoms in total. The average Bonchev–Trinajstić information content (AvgIpc) is 2.09. The van der Waals surface area contributed by atoms with Gasteiger partial charge in [-0.15, -0.1) is 0 Å². The number of carbonyl (C=O) groups excluding carboxylic acids is 1. The minimum Gasteiger partial charge on any atom is -0.463 e. The molecule has 0 aliphatic rings. The number of halogens is 1. The van der Waals surface area contributed by atoms with Gasteiger partial charge in [-0.1, -0.05) is 41.8 Å². The third-order valence-corrected chi connectivity index (χ3v) is 1.71. The van der Waals surface area contributed by atoms with Gasteiger partial charge in [-0.25, -0.2) is 4.79 Å². The van der Waals surface area contributed by atoms with Gasteiger partial charge in [0.25, 0.3) is 0 Å². The Morgan fingerprint density at radius 3 is 2.83 bits per heavy atom. The Hall–Kier alpha value is -0.310. The number of unbranched alkanes of at least 4 members (excludes halogenated alkanes) is 2. The molecule has 0 saturated heterocycles. The van der Waals surface area contributed by atoms with Crippen LogP contribution < -0.4 is 0 Å². The van der Waals surface area contributed by atoms with E-state index in [1.165, 1.54) is 6.08 Å². The maximum atomic E-state index is 10.8. The number of esters is 1. The third-order valence-electron chi connectivity index (χ3n) is 1.34. The van der Waals surface area contributed by atoms with E-state index in [9.17, 15) is 4.79 Å². The van der Waals surface area contributed by atoms with Crippen LogP contribution in [0.25, 0.3) is 0 Å². The van der Waals surface area contributed by atoms with Crippen LogP contribution in [-0.2, 0) is 9.53 Å². The van der Waals surface area contributed by atoms with Gasteiger partial charge in [0, 0.05) is 11.4 Å². The smallest absolute Gasteiger partial charge is 0.330 e. The number of hydrogen-bond donors (Lipinski definition) is 0. The second-order valence-corrected chi connectivity index (χ2v) is 3.08. The van der Waals surface area contributed by atoms with E-state index >= 15 is 0 Å². The lowest BCUT2D eigenvalue weighted by Gasteiger charge is -1.99. The summed E-state index contributed by atoms with van der Waals surface area (Å²) in [6.45, 7) is 2.66. The normalized spacial score (nSPS) is 10.5. The number of rotatable bonds is 6. The maximum absolute atomic E-state index is 10.8. The summed E-state index contributed by atoms with van der Waals surface area (Å²) in [5, 5.41) is 0.692. The molecular weight excluding hydrogens is 220 g/mol. The zero-order chi connectivity index (χ0) is 9.23. The molecule has 0 bridgehead atoms. The van der Waals surface area contributed by atoms with E-state index in [-0.39, 0.29) is 5.97 Å². The van der Waals surface area contributed by atoms with Crippen molar-refractivity contribution >= 4 is 21.9 Å². The molecular formula is C9H15BrO2. The standard InChI is InChI=1S/C9H15BrO2/c1-2-3-4-8-12-9(11)6-5-7-10/h5-6H,2-4,7-8H2,1H3/b6-5+. The van der Waals surface area contributed by atoms with Crippen LogP contribution in [0.2, 0.25) is 0 Å². The summed E-state index contributed by atoms with van der Waals surface area (Å²) in [7, 11) is 0. The molecule has 0 aromatic carbocycles. The molecule has 0 radical (unpaired) electrons. The molecule has 0 aromatic heterocycles. The highest BCUT2D eigenvalue weighted by Gasteiger charge is 1.94. The summed E-state index contributed by atoms with van der Waals surface area (Å²) in [4.78, 5) is 10.8. The molecule has 0 rings (SSSR count). The Bertz CT molecular complexity index is 143. The monoisotopic (exact) mass is 234 g/mol. The van der Waals surface area contributed by atoms with E-state index in [1.54, 1.807) is 6.08 Å². The number of ether oxygens (including phenoxy) is 1. The van der Waals surface area contributed by atoms with Crippen molar-refractivity contribution in [1.82, 2.24) is 0 Å². The van der Waals surface area contributed by atoms with Gasteiger partial charge in [-0.2, -0.15) is 0 Å². The van der Waals surface area contributed by atoms with Crippen LogP contribution in [0.15, 0.2) is 12.2 Å². The molecule has 0 N–H and O–H groups in total. The zero-order valence-electron chi connectivity index (χ0n) is 7.38. The average molecular weight is 235 g/mol. The van der Waals surface area contributed by atoms with Crippen LogP contribution in [0.4, 0.5) is 0 Å². The lowest BCUT2D eigenvalue weighted by atomic mass is 10.3. The number of hydrogen-bond acceptors (Lipinski definition) is 2. The lowest BCUT2D eigenvalue weighted by Crippen LogP contribution is -2.01. The van der Waals surface area contributed by atoms with Gasteiger partial charge in [0.2, 0.25) is 0 Å². The van der Waals surface area contributed by atoms with Crippen LogP contribution >= 0.6 is 15.9 Å². The van der Waals surface area contributed by atoms with Gasteiger partial charge < -0.3 is 4.74 Å². The first-order valence-electron chi connectivity index (χ1n) is 4.20. The van der Waals surface area contributed by atoms with E-state index in [2.05, 4.69) is 22.9 Å². The van der Waals surface area contributed by atoms with E-state index in [0.29, 0.717) is 11.9 Å². The largest absolute Gasteiger partial charge is 0.463 e. The molecule has 0 fully saturated rings. The number of allylic oxidation sites excluding steroid dienone is 1. The van der Waals surface area contributed by atoms with Crippen molar-refractivity contribution in [3.05, 3.63) is 12.2 Å². The highest BCUT2D eigenvalue weighted by atomic mass is 79.9. The molecule has 12 heavy (non-hydrogen) atoms. The van der Waals surface area contributed by atoms with Crippen LogP contribution in [0.5, 0.6) is 0 Å². The highest BCUT2D eigenvalue weighted by Crippen LogP contribution is 1.95. The highest BCUT2D eigenvalue weighted by molar-refractivity contribution is 9.09. The summed E-state index contributed by atoms with van der Waals surface area (Å²) in [5.41, 5.74) is 0. The van der Waals surface area contributed by atoms with Gasteiger partial charge in [0.05, 0.1) is 6.61 Å². The predicted octanol–water partition coefficient (Wildman–Crippen LogP) is 2.67. The van der Waals surface area contributed by atoms with Crippen molar-refractivity contribution in [2.24, 2.45) is 0 Å². The molecule has 70 valence electrons. The Morgan fingerprint density at radius 1 is 1.50 bits per heavy atom. The third kappa shape index (κ3) is 7.79. The fourth-order valence-corrected chi connectivity index (χ4v) is 0.901. The number of alkyl halides is 1. The van der Waals surface area contributed by atoms with Crippen LogP contribution in [-0.4, -0.2) is 17.9 Å². The summed E-state index contributed by atoms with van der Waals surface area (Å²) in [5.74, 6) is -0.245. The van der Waals surface area contributed by atoms with E-state index in [4.69, 9.17) is 4.74 Å². The van der Waals surface area contributed by atoms with Crippen molar-refractivity contribution in [2.45, 2.75) is 26.2 Å². The summed E-state index contributed by atoms with van der Waals surface area (Å²) in [6.07, 6.45) is 6.40. The zero-order valence-corrected chi connectivity index (χ0v) is 8.97. The Balaban J connectivity index is 3.25. The Labute approximate surface area is 82.1 Å². The van der Waals surface area contributed by atoms with Crippen LogP contribution in [0, 0.1) is 0 Å². The first-order valence-corrected chi connectivity index (χ1v) is 5.32. The second kappa shape index (κ2) is 8.78. The topological polar surface area (TPSA) is 26.3 Å². The minimum atomic E-state index is -0.245. The minimum absolute atomic E-state index is 0.245. The molecule has 0 saturated carbocycles. The SMILES string of the molecule is CCCCCOC(=O)/C=C/CBr. The van der Waals surface area contributed by atoms with Gasteiger partial charge in [-0.05, 0) is 6.42 Å². The maximum Gasteiger partial charge on any atom is 0.330 e. The lowest BCUT2D eigenvalue weighted by molar-refractivity contribution is -0.137. The van der Waals surface area contributed by atoms with Gasteiger partial charge in [-0.3, -0.25) is 0 Å². The van der Waals surface area contributed by atoms with Crippen LogP contribution in [0.1, 0.15) is 26.2 Å². The molecule has 0 heterocycles. The van der Waals surface area contributed by atoms with E-state index < -0.39 is 0 Å². The molecule has 3 heteroatoms. The van der Waals surface area contributed by atoms with Crippen molar-refractivity contribution in [3.8, 4) is 0 Å². The van der Waals surface area contributed by atoms with Gasteiger partial charge >= 0.3 is 5.97 Å². The molecule has 0 aliphatic heterocycles. The fraction of sp³-hybridized carbons (Fsp3) is 0.667. The van der Waals surface area contributed by atoms with Crippen molar-refractivity contribution < 1.29 is 9.53 Å². The second-order valence-electron chi connectivity index (χ2n) is 2.43. The number of carbonyl (C=O) groups is 1. The van der Waals surface area contributed by atoms with Crippen LogP contribution in [0.3, 0.4) is 0 Å². The first kappa shape index (κ1) is 11.7. The summed E-state index contributed by atoms with van der Waals surface area (Å²) < 4.78 is 4.90. The summed E-state index contributed by atoms with van der Waals surface area (Å²) >= 11 is 3.18. The first-order chi connectivity index (χ1) is 5.81. The quantitative estimate of drug-likeness (QED) is 0.306. The molecule has 0 aromatic rings. The van der Waals surface area contributed by atoms with Crippen molar-refractivity contribution in [1.29, 1.82) is 0 Å². The molecule has 0 spiro atoms. The van der Waals surface area contributed by atoms with E-state index in [1.807, 2.05) is 0 Å². The molecule has 0 aliphatic carbocycles. The van der Waals surface area contributed by atoms with Crippen molar-refractivity contribution in [3.63, 3.8) is 0 Å².